The molecular formula is C55H88InN15O19S2. The van der Waals surface area contributed by atoms with E-state index in [9.17, 15) is 93.0 Å². The molecule has 0 radical (unpaired) electrons. The number of aliphatic carboxylic acids is 3. The average Bonchev–Trinajstić information content (AvgIpc) is 1.03. The zero-order valence-corrected chi connectivity index (χ0v) is 56.7. The van der Waals surface area contributed by atoms with Gasteiger partial charge in [-0.2, -0.15) is 25.3 Å². The van der Waals surface area contributed by atoms with Gasteiger partial charge in [0.1, 0.15) is 48.0 Å². The van der Waals surface area contributed by atoms with Gasteiger partial charge < -0.3 is 104 Å². The Morgan fingerprint density at radius 2 is 0.859 bits per heavy atom. The van der Waals surface area contributed by atoms with Crippen LogP contribution in [0.15, 0.2) is 24.3 Å². The fourth-order valence-corrected chi connectivity index (χ4v) is 9.60. The second-order valence-electron chi connectivity index (χ2n) is 21.8. The van der Waals surface area contributed by atoms with Crippen molar-refractivity contribution < 1.29 is 93.0 Å². The van der Waals surface area contributed by atoms with E-state index in [1.54, 1.807) is 18.7 Å². The molecule has 1 aliphatic heterocycles. The number of carboxylic acids is 3. The number of aliphatic hydroxyl groups is 2. The van der Waals surface area contributed by atoms with Crippen LogP contribution in [0.4, 0.5) is 0 Å². The third kappa shape index (κ3) is 34.4. The van der Waals surface area contributed by atoms with Crippen molar-refractivity contribution >= 4 is 128 Å². The molecule has 1 aromatic carbocycles. The van der Waals surface area contributed by atoms with Crippen LogP contribution in [0, 0.1) is 5.92 Å². The molecule has 1 saturated heterocycles. The van der Waals surface area contributed by atoms with Crippen molar-refractivity contribution in [1.82, 2.24) is 67.5 Å². The minimum Gasteiger partial charge on any atom is -0.549 e. The van der Waals surface area contributed by atoms with Gasteiger partial charge in [0.05, 0.1) is 50.8 Å². The summed E-state index contributed by atoms with van der Waals surface area (Å²) in [7, 11) is 0. The Balaban J connectivity index is 0.0000423. The molecule has 0 aromatic heterocycles. The van der Waals surface area contributed by atoms with Crippen LogP contribution < -0.4 is 74.6 Å². The summed E-state index contributed by atoms with van der Waals surface area (Å²) in [5.74, 6) is -13.5. The summed E-state index contributed by atoms with van der Waals surface area (Å²) in [6, 6.07) is -4.42. The Morgan fingerprint density at radius 1 is 0.489 bits per heavy atom. The van der Waals surface area contributed by atoms with Gasteiger partial charge in [-0.15, -0.1) is 0 Å². The van der Waals surface area contributed by atoms with Crippen LogP contribution in [-0.2, 0) is 68.7 Å². The van der Waals surface area contributed by atoms with Crippen LogP contribution in [0.3, 0.4) is 0 Å². The van der Waals surface area contributed by atoms with Crippen LogP contribution in [0.1, 0.15) is 57.9 Å². The van der Waals surface area contributed by atoms with Gasteiger partial charge in [0.25, 0.3) is 0 Å². The quantitative estimate of drug-likeness (QED) is 0.0214. The number of nitrogens with one attached hydrogen (secondary N) is 9. The van der Waals surface area contributed by atoms with E-state index >= 15 is 0 Å². The van der Waals surface area contributed by atoms with E-state index in [0.29, 0.717) is 12.0 Å². The molecule has 1 aliphatic rings. The van der Waals surface area contributed by atoms with Gasteiger partial charge >= 0.3 is 25.8 Å². The van der Waals surface area contributed by atoms with Crippen LogP contribution in [0.2, 0.25) is 0 Å². The maximum absolute atomic E-state index is 14.4. The number of phenolic OH excluding ortho intramolecular Hbond substituents is 1. The number of carboxylic acid groups (broad SMARTS) is 3. The zero-order valence-electron chi connectivity index (χ0n) is 51.6. The molecule has 1 heterocycles. The van der Waals surface area contributed by atoms with E-state index in [1.807, 2.05) is 0 Å². The first kappa shape index (κ1) is 83.4. The summed E-state index contributed by atoms with van der Waals surface area (Å²) in [6.45, 7) is -1.20. The number of nitrogens with two attached hydrogens (primary N) is 2. The summed E-state index contributed by atoms with van der Waals surface area (Å²) in [4.78, 5) is 174. The molecule has 10 amide bonds. The molecule has 34 nitrogen and oxygen atoms in total. The van der Waals surface area contributed by atoms with Gasteiger partial charge in [-0.1, -0.05) is 26.0 Å². The minimum absolute atomic E-state index is 0. The molecule has 16 N–H and O–H groups in total. The Hall–Kier alpha value is -6.58. The van der Waals surface area contributed by atoms with E-state index in [0.717, 1.165) is 0 Å². The Kier molecular flexibility index (Phi) is 41.4. The molecule has 7 atom stereocenters. The van der Waals surface area contributed by atoms with E-state index in [2.05, 4.69) is 73.1 Å². The number of nitrogens with zero attached hydrogens (tertiary/aromatic N) is 4. The van der Waals surface area contributed by atoms with Crippen LogP contribution in [0.25, 0.3) is 0 Å². The molecule has 0 aliphatic carbocycles. The number of aliphatic hydroxyl groups excluding tert-OH is 2. The molecular weight excluding hydrogens is 1350 g/mol. The molecule has 92 heavy (non-hydrogen) atoms. The number of thiol groups is 2. The first-order valence-electron chi connectivity index (χ1n) is 29.5. The molecule has 0 saturated carbocycles. The van der Waals surface area contributed by atoms with E-state index in [1.165, 1.54) is 39.0 Å². The minimum atomic E-state index is -1.67. The van der Waals surface area contributed by atoms with Crippen LogP contribution in [-0.4, -0.2) is 303 Å². The number of hydrogen-bond acceptors (Lipinski definition) is 26. The average molecular weight is 1440 g/mol. The predicted molar refractivity (Wildman–Crippen MR) is 331 cm³/mol. The van der Waals surface area contributed by atoms with Crippen molar-refractivity contribution in [3.05, 3.63) is 29.8 Å². The van der Waals surface area contributed by atoms with Crippen molar-refractivity contribution in [2.24, 2.45) is 17.4 Å². The number of primary amides is 1. The molecule has 2 rings (SSSR count). The van der Waals surface area contributed by atoms with Gasteiger partial charge in [-0.05, 0) is 80.2 Å². The smallest absolute Gasteiger partial charge is 0.549 e. The second kappa shape index (κ2) is 45.7. The van der Waals surface area contributed by atoms with Gasteiger partial charge in [-0.25, -0.2) is 0 Å². The topological polar surface area (TPSA) is 525 Å². The van der Waals surface area contributed by atoms with Crippen molar-refractivity contribution in [3.8, 4) is 5.75 Å². The number of aromatic hydroxyl groups is 1. The maximum Gasteiger partial charge on any atom is 3.00 e. The summed E-state index contributed by atoms with van der Waals surface area (Å²) < 4.78 is 0. The first-order chi connectivity index (χ1) is 43.1. The standard InChI is InChI=1S/C55H91N15O19S2.In/c1-33(2)23-39(53(87)63-38(11-22-91)52(86)66-42(32-72)55(89)62-36(10-21-90)49(57)83)64-54(88)40(24-34-6-8-35(73)9-7-34)65-51(85)37(5-3-4-12-56)60-44(75)26-59-50(84)41(31-71)61-43(74)25-58-45(76)27-67-13-15-68(28-46(77)78)17-19-70(30-48(81)82)20-18-69(16-14-67)29-47(79)80;/h6-9,33,36-42,71-73,90-91H,3-5,10-32,56H2,1-2H3,(H2,57,83)(H,58,76)(H,59,84)(H,60,75)(H,61,74)(H,62,89)(H,63,87)(H,64,88)(H,65,85)(H,66,86)(H,77,78)(H,79,80)(H,81,82);/q;+3/p-3/t36-,37-,38-,39-,40-,41-,42-;/m0./s1/i;1-4. The molecule has 0 unspecified atom stereocenters. The van der Waals surface area contributed by atoms with E-state index in [-0.39, 0.29) is 153 Å². The summed E-state index contributed by atoms with van der Waals surface area (Å²) >= 11 is 8.24. The van der Waals surface area contributed by atoms with Crippen molar-refractivity contribution in [3.63, 3.8) is 0 Å². The molecule has 512 valence electrons. The fourth-order valence-electron chi connectivity index (χ4n) is 9.08. The summed E-state index contributed by atoms with van der Waals surface area (Å²) in [5, 5.41) is 86.4. The third-order valence-corrected chi connectivity index (χ3v) is 14.5. The van der Waals surface area contributed by atoms with E-state index in [4.69, 9.17) is 11.5 Å². The molecule has 1 aromatic rings. The SMILES string of the molecule is CC(C)C[C@H](NC(=O)[C@H](Cc1ccc(O)cc1)NC(=O)[C@H](CCCCN)NC(=O)CNC(=O)[C@H](CO)NC(=O)CNC(=O)CN1CCN(CC(=O)[O-])CCN(CC(=O)[O-])CCN(CC(=O)[O-])CC1)C(=O)N[C@@H](CCS)C(=O)N[C@@H](CO)C(=O)N[C@@H](CCS)C(N)=O.[111In+3]. The number of carbonyl (C=O) groups is 13. The zero-order chi connectivity index (χ0) is 68.2. The number of phenols is 1. The number of benzene rings is 1. The number of unbranched alkanes of at least 4 members (excludes halogenated alkanes) is 1. The van der Waals surface area contributed by atoms with Crippen LogP contribution in [0.5, 0.6) is 5.75 Å². The Morgan fingerprint density at radius 3 is 1.30 bits per heavy atom. The third-order valence-electron chi connectivity index (χ3n) is 14.0. The maximum atomic E-state index is 14.4. The summed E-state index contributed by atoms with van der Waals surface area (Å²) in [6.07, 6.45) is 0.318. The predicted octanol–water partition coefficient (Wildman–Crippen LogP) is -12.1. The molecule has 37 heteroatoms. The molecule has 0 bridgehead atoms. The summed E-state index contributed by atoms with van der Waals surface area (Å²) in [5.41, 5.74) is 11.5. The Bertz CT molecular complexity index is 2550. The molecule has 0 spiro atoms. The van der Waals surface area contributed by atoms with Crippen molar-refractivity contribution in [2.75, 3.05) is 123 Å². The van der Waals surface area contributed by atoms with Crippen LogP contribution >= 0.6 is 25.3 Å². The van der Waals surface area contributed by atoms with Crippen molar-refractivity contribution in [1.29, 1.82) is 0 Å². The first-order valence-corrected chi connectivity index (χ1v) is 30.7. The largest absolute Gasteiger partial charge is 3.00 e. The monoisotopic (exact) mass is 1440 g/mol. The van der Waals surface area contributed by atoms with Gasteiger partial charge in [0, 0.05) is 78.4 Å². The fraction of sp³-hybridized carbons (Fsp3) is 0.655. The second-order valence-corrected chi connectivity index (χ2v) is 22.7. The van der Waals surface area contributed by atoms with Gasteiger partial charge in [0.15, 0.2) is 0 Å². The van der Waals surface area contributed by atoms with Gasteiger partial charge in [0.2, 0.25) is 59.1 Å². The van der Waals surface area contributed by atoms with Gasteiger partial charge in [-0.3, -0.25) is 67.5 Å². The number of rotatable bonds is 40. The van der Waals surface area contributed by atoms with Crippen molar-refractivity contribution in [2.45, 2.75) is 101 Å². The molecule has 1 fully saturated rings. The number of carbonyl (C=O) groups excluding carboxylic acids is 13. The Labute approximate surface area is 562 Å². The normalized spacial score (nSPS) is 15.9. The number of hydrogen-bond donors (Lipinski definition) is 16. The van der Waals surface area contributed by atoms with E-state index < -0.39 is 165 Å². The number of amides is 10.